The van der Waals surface area contributed by atoms with Crippen LogP contribution in [0.5, 0.6) is 5.75 Å². The highest BCUT2D eigenvalue weighted by Crippen LogP contribution is 2.40. The van der Waals surface area contributed by atoms with Crippen LogP contribution in [0.1, 0.15) is 43.5 Å². The quantitative estimate of drug-likeness (QED) is 0.793. The van der Waals surface area contributed by atoms with Crippen LogP contribution in [0.25, 0.3) is 0 Å². The number of likely N-dealkylation sites (tertiary alicyclic amines) is 1. The van der Waals surface area contributed by atoms with Gasteiger partial charge >= 0.3 is 0 Å². The van der Waals surface area contributed by atoms with E-state index in [0.717, 1.165) is 25.9 Å². The van der Waals surface area contributed by atoms with Crippen molar-refractivity contribution in [3.8, 4) is 5.75 Å². The molecule has 3 nitrogen and oxygen atoms in total. The van der Waals surface area contributed by atoms with Gasteiger partial charge in [0.25, 0.3) is 0 Å². The van der Waals surface area contributed by atoms with Crippen molar-refractivity contribution in [1.82, 2.24) is 4.90 Å². The Bertz CT molecular complexity index is 533. The van der Waals surface area contributed by atoms with E-state index >= 15 is 0 Å². The van der Waals surface area contributed by atoms with E-state index in [1.165, 1.54) is 0 Å². The highest BCUT2D eigenvalue weighted by molar-refractivity contribution is 6.31. The van der Waals surface area contributed by atoms with Gasteiger partial charge in [0, 0.05) is 37.0 Å². The van der Waals surface area contributed by atoms with Crippen LogP contribution in [0, 0.1) is 0 Å². The van der Waals surface area contributed by atoms with Gasteiger partial charge in [0.05, 0.1) is 12.0 Å². The molecule has 2 heterocycles. The number of benzene rings is 1. The van der Waals surface area contributed by atoms with Crippen molar-refractivity contribution >= 4 is 17.4 Å². The number of hydrogen-bond acceptors (Lipinski definition) is 3. The fraction of sp³-hybridized carbons (Fsp3) is 0.562. The third-order valence-corrected chi connectivity index (χ3v) is 4.73. The number of hydrogen-bond donors (Lipinski definition) is 0. The lowest BCUT2D eigenvalue weighted by Crippen LogP contribution is -2.52. The molecule has 1 aromatic rings. The van der Waals surface area contributed by atoms with Crippen molar-refractivity contribution in [1.29, 1.82) is 0 Å². The Hall–Kier alpha value is -1.06. The van der Waals surface area contributed by atoms with Gasteiger partial charge in [-0.1, -0.05) is 11.6 Å². The summed E-state index contributed by atoms with van der Waals surface area (Å²) in [4.78, 5) is 14.8. The summed E-state index contributed by atoms with van der Waals surface area (Å²) in [5.41, 5.74) is 0.331. The molecule has 0 saturated carbocycles. The number of carbonyl (C=O) groups is 1. The van der Waals surface area contributed by atoms with Gasteiger partial charge in [-0.05, 0) is 32.0 Å². The van der Waals surface area contributed by atoms with Crippen molar-refractivity contribution in [3.05, 3.63) is 28.8 Å². The summed E-state index contributed by atoms with van der Waals surface area (Å²) < 4.78 is 6.21. The minimum absolute atomic E-state index is 0.159. The van der Waals surface area contributed by atoms with Crippen LogP contribution in [-0.4, -0.2) is 35.4 Å². The molecule has 20 heavy (non-hydrogen) atoms. The van der Waals surface area contributed by atoms with E-state index in [9.17, 15) is 4.79 Å². The number of ether oxygens (including phenoxy) is 1. The number of fused-ring (bicyclic) bond motifs is 1. The maximum atomic E-state index is 12.4. The maximum absolute atomic E-state index is 12.4. The average molecular weight is 294 g/mol. The summed E-state index contributed by atoms with van der Waals surface area (Å²) >= 11 is 5.96. The molecule has 108 valence electrons. The number of Topliss-reactive ketones (excluding diaryl/α,β-unsaturated/α-hetero) is 1. The maximum Gasteiger partial charge on any atom is 0.170 e. The molecule has 1 saturated heterocycles. The van der Waals surface area contributed by atoms with E-state index in [2.05, 4.69) is 18.7 Å². The second kappa shape index (κ2) is 5.05. The monoisotopic (exact) mass is 293 g/mol. The van der Waals surface area contributed by atoms with Crippen LogP contribution in [0.3, 0.4) is 0 Å². The molecule has 1 fully saturated rings. The molecule has 1 spiro atoms. The Balaban J connectivity index is 1.82. The fourth-order valence-corrected chi connectivity index (χ4v) is 3.37. The number of carbonyl (C=O) groups excluding carboxylic acids is 1. The summed E-state index contributed by atoms with van der Waals surface area (Å²) in [5, 5.41) is 0.589. The first-order valence-electron chi connectivity index (χ1n) is 7.25. The van der Waals surface area contributed by atoms with Crippen LogP contribution < -0.4 is 4.74 Å². The lowest BCUT2D eigenvalue weighted by molar-refractivity contribution is -0.0153. The molecule has 3 rings (SSSR count). The number of piperidine rings is 1. The molecule has 0 bridgehead atoms. The van der Waals surface area contributed by atoms with Gasteiger partial charge in [-0.3, -0.25) is 4.79 Å². The Morgan fingerprint density at radius 3 is 2.65 bits per heavy atom. The van der Waals surface area contributed by atoms with E-state index in [-0.39, 0.29) is 11.4 Å². The average Bonchev–Trinajstić information content (AvgIpc) is 2.40. The standard InChI is InChI=1S/C16H20ClNO2/c1-11(2)18-7-5-16(6-8-18)10-14(19)13-9-12(17)3-4-15(13)20-16/h3-4,9,11H,5-8,10H2,1-2H3. The SMILES string of the molecule is CC(C)N1CCC2(CC1)CC(=O)c1cc(Cl)ccc1O2. The topological polar surface area (TPSA) is 29.5 Å². The smallest absolute Gasteiger partial charge is 0.170 e. The molecular formula is C16H20ClNO2. The molecule has 0 aliphatic carbocycles. The summed E-state index contributed by atoms with van der Waals surface area (Å²) in [6.45, 7) is 6.41. The number of ketones is 1. The summed E-state index contributed by atoms with van der Waals surface area (Å²) in [5.74, 6) is 0.857. The number of nitrogens with zero attached hydrogens (tertiary/aromatic N) is 1. The predicted molar refractivity (Wildman–Crippen MR) is 79.7 cm³/mol. The number of halogens is 1. The second-order valence-corrected chi connectivity index (χ2v) is 6.59. The zero-order valence-electron chi connectivity index (χ0n) is 12.0. The predicted octanol–water partition coefficient (Wildman–Crippen LogP) is 3.55. The van der Waals surface area contributed by atoms with Crippen LogP contribution in [0.4, 0.5) is 0 Å². The summed E-state index contributed by atoms with van der Waals surface area (Å²) in [6.07, 6.45) is 2.31. The molecular weight excluding hydrogens is 274 g/mol. The van der Waals surface area contributed by atoms with Crippen molar-refractivity contribution in [2.45, 2.75) is 44.8 Å². The fourth-order valence-electron chi connectivity index (χ4n) is 3.19. The van der Waals surface area contributed by atoms with Gasteiger partial charge in [0.1, 0.15) is 11.4 Å². The first kappa shape index (κ1) is 13.9. The first-order chi connectivity index (χ1) is 9.49. The highest BCUT2D eigenvalue weighted by Gasteiger charge is 2.43. The zero-order chi connectivity index (χ0) is 14.3. The summed E-state index contributed by atoms with van der Waals surface area (Å²) in [6, 6.07) is 5.88. The van der Waals surface area contributed by atoms with E-state index in [0.29, 0.717) is 28.8 Å². The lowest BCUT2D eigenvalue weighted by atomic mass is 9.82. The second-order valence-electron chi connectivity index (χ2n) is 6.16. The largest absolute Gasteiger partial charge is 0.486 e. The molecule has 4 heteroatoms. The van der Waals surface area contributed by atoms with Crippen LogP contribution in [-0.2, 0) is 0 Å². The van der Waals surface area contributed by atoms with E-state index in [1.807, 2.05) is 6.07 Å². The molecule has 1 aromatic carbocycles. The first-order valence-corrected chi connectivity index (χ1v) is 7.63. The molecule has 0 unspecified atom stereocenters. The molecule has 0 aromatic heterocycles. The van der Waals surface area contributed by atoms with Crippen molar-refractivity contribution in [2.75, 3.05) is 13.1 Å². The minimum atomic E-state index is -0.302. The van der Waals surface area contributed by atoms with Crippen LogP contribution in [0.2, 0.25) is 5.02 Å². The van der Waals surface area contributed by atoms with Gasteiger partial charge < -0.3 is 9.64 Å². The Morgan fingerprint density at radius 1 is 1.30 bits per heavy atom. The molecule has 2 aliphatic heterocycles. The molecule has 0 atom stereocenters. The third-order valence-electron chi connectivity index (χ3n) is 4.49. The van der Waals surface area contributed by atoms with Crippen molar-refractivity contribution in [3.63, 3.8) is 0 Å². The van der Waals surface area contributed by atoms with Crippen molar-refractivity contribution in [2.24, 2.45) is 0 Å². The van der Waals surface area contributed by atoms with Gasteiger partial charge in [-0.25, -0.2) is 0 Å². The zero-order valence-corrected chi connectivity index (χ0v) is 12.7. The summed E-state index contributed by atoms with van der Waals surface area (Å²) in [7, 11) is 0. The van der Waals surface area contributed by atoms with E-state index in [1.54, 1.807) is 12.1 Å². The lowest BCUT2D eigenvalue weighted by Gasteiger charge is -2.45. The molecule has 0 N–H and O–H groups in total. The minimum Gasteiger partial charge on any atom is -0.486 e. The molecule has 0 radical (unpaired) electrons. The van der Waals surface area contributed by atoms with E-state index in [4.69, 9.17) is 16.3 Å². The van der Waals surface area contributed by atoms with E-state index < -0.39 is 0 Å². The molecule has 0 amide bonds. The van der Waals surface area contributed by atoms with Gasteiger partial charge in [-0.2, -0.15) is 0 Å². The normalized spacial score (nSPS) is 21.9. The Labute approximate surface area is 124 Å². The highest BCUT2D eigenvalue weighted by atomic mass is 35.5. The van der Waals surface area contributed by atoms with Crippen molar-refractivity contribution < 1.29 is 9.53 Å². The number of rotatable bonds is 1. The van der Waals surface area contributed by atoms with Crippen LogP contribution in [0.15, 0.2) is 18.2 Å². The van der Waals surface area contributed by atoms with Gasteiger partial charge in [-0.15, -0.1) is 0 Å². The molecule has 2 aliphatic rings. The van der Waals surface area contributed by atoms with Gasteiger partial charge in [0.2, 0.25) is 0 Å². The van der Waals surface area contributed by atoms with Gasteiger partial charge in [0.15, 0.2) is 5.78 Å². The Morgan fingerprint density at radius 2 is 2.00 bits per heavy atom. The van der Waals surface area contributed by atoms with Crippen LogP contribution >= 0.6 is 11.6 Å². The Kier molecular flexibility index (Phi) is 3.51. The third kappa shape index (κ3) is 2.45.